The number of ketones is 2. The normalized spacial score (nSPS) is 12.8. The van der Waals surface area contributed by atoms with Crippen LogP contribution in [0.4, 0.5) is 11.4 Å². The lowest BCUT2D eigenvalue weighted by Gasteiger charge is -2.21. The summed E-state index contributed by atoms with van der Waals surface area (Å²) in [6.07, 6.45) is 0. The molecule has 0 atom stereocenters. The summed E-state index contributed by atoms with van der Waals surface area (Å²) in [6, 6.07) is 5.21. The molecule has 6 nitrogen and oxygen atoms in total. The molecule has 0 amide bonds. The predicted molar refractivity (Wildman–Crippen MR) is 76.7 cm³/mol. The Balaban J connectivity index is 2.47. The summed E-state index contributed by atoms with van der Waals surface area (Å²) in [5, 5.41) is 19.8. The van der Waals surface area contributed by atoms with Crippen LogP contribution in [0.5, 0.6) is 11.5 Å². The number of aliphatic imine (C=N–C) groups is 1. The lowest BCUT2D eigenvalue weighted by atomic mass is 9.81. The van der Waals surface area contributed by atoms with Crippen LogP contribution in [-0.4, -0.2) is 28.5 Å². The zero-order valence-electron chi connectivity index (χ0n) is 10.8. The van der Waals surface area contributed by atoms with Gasteiger partial charge in [0.1, 0.15) is 11.5 Å². The van der Waals surface area contributed by atoms with E-state index in [4.69, 9.17) is 5.73 Å². The van der Waals surface area contributed by atoms with Crippen LogP contribution in [0.15, 0.2) is 29.3 Å². The highest BCUT2D eigenvalue weighted by molar-refractivity contribution is 6.33. The SMILES string of the molecule is C=Nc1ccc(O)c2c1C(=O)c1c(O)ccc(N)c1C2=O. The van der Waals surface area contributed by atoms with E-state index in [0.717, 1.165) is 0 Å². The minimum atomic E-state index is -0.629. The summed E-state index contributed by atoms with van der Waals surface area (Å²) in [7, 11) is 0. The molecule has 1 aliphatic carbocycles. The number of rotatable bonds is 1. The third-order valence-corrected chi connectivity index (χ3v) is 3.46. The number of anilines is 1. The Kier molecular flexibility index (Phi) is 2.56. The van der Waals surface area contributed by atoms with Gasteiger partial charge in [-0.3, -0.25) is 14.6 Å². The van der Waals surface area contributed by atoms with Crippen LogP contribution in [0.25, 0.3) is 0 Å². The number of hydrogen-bond acceptors (Lipinski definition) is 6. The second-order valence-electron chi connectivity index (χ2n) is 4.59. The van der Waals surface area contributed by atoms with E-state index in [0.29, 0.717) is 0 Å². The first-order chi connectivity index (χ1) is 9.97. The fourth-order valence-electron chi connectivity index (χ4n) is 2.50. The average Bonchev–Trinajstić information content (AvgIpc) is 2.46. The summed E-state index contributed by atoms with van der Waals surface area (Å²) in [5.41, 5.74) is 5.42. The first-order valence-electron chi connectivity index (χ1n) is 6.01. The molecule has 6 heteroatoms. The van der Waals surface area contributed by atoms with Gasteiger partial charge in [-0.2, -0.15) is 0 Å². The molecular weight excluding hydrogens is 272 g/mol. The monoisotopic (exact) mass is 282 g/mol. The van der Waals surface area contributed by atoms with Gasteiger partial charge in [0.05, 0.1) is 27.9 Å². The topological polar surface area (TPSA) is 113 Å². The highest BCUT2D eigenvalue weighted by atomic mass is 16.3. The summed E-state index contributed by atoms with van der Waals surface area (Å²) in [6.45, 7) is 3.34. The molecule has 0 spiro atoms. The minimum absolute atomic E-state index is 0.0585. The standard InChI is InChI=1S/C15H10N2O4/c1-17-7-3-5-9(19)13-11(7)15(21)12-8(18)4-2-6(16)10(12)14(13)20/h2-5,18-19H,1,16H2. The first-order valence-corrected chi connectivity index (χ1v) is 6.01. The van der Waals surface area contributed by atoms with E-state index in [2.05, 4.69) is 11.7 Å². The number of carbonyl (C=O) groups excluding carboxylic acids is 2. The number of nitrogen functional groups attached to an aromatic ring is 1. The molecule has 0 fully saturated rings. The van der Waals surface area contributed by atoms with Gasteiger partial charge in [-0.15, -0.1) is 0 Å². The number of hydrogen-bond donors (Lipinski definition) is 3. The predicted octanol–water partition coefficient (Wildman–Crippen LogP) is 1.79. The number of phenols is 2. The molecule has 0 bridgehead atoms. The van der Waals surface area contributed by atoms with Crippen molar-refractivity contribution in [1.82, 2.24) is 0 Å². The van der Waals surface area contributed by atoms with Crippen molar-refractivity contribution < 1.29 is 19.8 Å². The Morgan fingerprint density at radius 1 is 0.857 bits per heavy atom. The van der Waals surface area contributed by atoms with Crippen molar-refractivity contribution in [2.24, 2.45) is 4.99 Å². The number of fused-ring (bicyclic) bond motifs is 2. The zero-order chi connectivity index (χ0) is 15.3. The van der Waals surface area contributed by atoms with Crippen molar-refractivity contribution in [3.05, 3.63) is 46.5 Å². The molecule has 0 radical (unpaired) electrons. The van der Waals surface area contributed by atoms with Crippen molar-refractivity contribution >= 4 is 29.7 Å². The average molecular weight is 282 g/mol. The Bertz CT molecular complexity index is 840. The third-order valence-electron chi connectivity index (χ3n) is 3.46. The van der Waals surface area contributed by atoms with Gasteiger partial charge in [0.25, 0.3) is 0 Å². The molecule has 104 valence electrons. The maximum absolute atomic E-state index is 12.6. The number of nitrogens with zero attached hydrogens (tertiary/aromatic N) is 1. The molecular formula is C15H10N2O4. The second kappa shape index (κ2) is 4.17. The van der Waals surface area contributed by atoms with Crippen LogP contribution >= 0.6 is 0 Å². The molecule has 4 N–H and O–H groups in total. The quantitative estimate of drug-likeness (QED) is 0.358. The number of carbonyl (C=O) groups is 2. The molecule has 3 rings (SSSR count). The zero-order valence-corrected chi connectivity index (χ0v) is 10.8. The van der Waals surface area contributed by atoms with E-state index in [1.807, 2.05) is 0 Å². The number of nitrogens with two attached hydrogens (primary N) is 1. The van der Waals surface area contributed by atoms with Crippen LogP contribution in [0.3, 0.4) is 0 Å². The molecule has 0 saturated heterocycles. The molecule has 2 aromatic rings. The Morgan fingerprint density at radius 2 is 1.38 bits per heavy atom. The van der Waals surface area contributed by atoms with Crippen LogP contribution in [-0.2, 0) is 0 Å². The maximum atomic E-state index is 12.6. The molecule has 21 heavy (non-hydrogen) atoms. The highest BCUT2D eigenvalue weighted by Crippen LogP contribution is 2.42. The van der Waals surface area contributed by atoms with Crippen molar-refractivity contribution in [2.45, 2.75) is 0 Å². The summed E-state index contributed by atoms with van der Waals surface area (Å²) in [5.74, 6) is -1.94. The van der Waals surface area contributed by atoms with Gasteiger partial charge < -0.3 is 15.9 Å². The lowest BCUT2D eigenvalue weighted by Crippen LogP contribution is -2.22. The molecule has 2 aromatic carbocycles. The molecule has 0 aromatic heterocycles. The number of benzene rings is 2. The fraction of sp³-hybridized carbons (Fsp3) is 0. The van der Waals surface area contributed by atoms with Gasteiger partial charge in [0.2, 0.25) is 11.6 Å². The van der Waals surface area contributed by atoms with Crippen LogP contribution in [0.2, 0.25) is 0 Å². The minimum Gasteiger partial charge on any atom is -0.507 e. The van der Waals surface area contributed by atoms with Crippen LogP contribution < -0.4 is 5.73 Å². The molecule has 1 aliphatic rings. The van der Waals surface area contributed by atoms with Crippen LogP contribution in [0, 0.1) is 0 Å². The molecule has 0 aliphatic heterocycles. The van der Waals surface area contributed by atoms with E-state index in [9.17, 15) is 19.8 Å². The fourth-order valence-corrected chi connectivity index (χ4v) is 2.50. The van der Waals surface area contributed by atoms with E-state index in [1.165, 1.54) is 24.3 Å². The first kappa shape index (κ1) is 12.9. The van der Waals surface area contributed by atoms with Crippen molar-refractivity contribution in [2.75, 3.05) is 5.73 Å². The summed E-state index contributed by atoms with van der Waals surface area (Å²) < 4.78 is 0. The maximum Gasteiger partial charge on any atom is 0.200 e. The summed E-state index contributed by atoms with van der Waals surface area (Å²) >= 11 is 0. The van der Waals surface area contributed by atoms with E-state index >= 15 is 0 Å². The van der Waals surface area contributed by atoms with Crippen molar-refractivity contribution in [3.8, 4) is 11.5 Å². The highest BCUT2D eigenvalue weighted by Gasteiger charge is 2.37. The van der Waals surface area contributed by atoms with Gasteiger partial charge in [-0.25, -0.2) is 0 Å². The van der Waals surface area contributed by atoms with Gasteiger partial charge in [-0.1, -0.05) is 0 Å². The van der Waals surface area contributed by atoms with E-state index in [1.54, 1.807) is 0 Å². The number of aromatic hydroxyl groups is 2. The molecule has 0 saturated carbocycles. The lowest BCUT2D eigenvalue weighted by molar-refractivity contribution is 0.0975. The van der Waals surface area contributed by atoms with Crippen molar-refractivity contribution in [1.29, 1.82) is 0 Å². The molecule has 0 heterocycles. The van der Waals surface area contributed by atoms with E-state index < -0.39 is 11.6 Å². The van der Waals surface area contributed by atoms with Crippen molar-refractivity contribution in [3.63, 3.8) is 0 Å². The second-order valence-corrected chi connectivity index (χ2v) is 4.59. The van der Waals surface area contributed by atoms with E-state index in [-0.39, 0.29) is 45.1 Å². The van der Waals surface area contributed by atoms with Gasteiger partial charge >= 0.3 is 0 Å². The van der Waals surface area contributed by atoms with Crippen LogP contribution in [0.1, 0.15) is 31.8 Å². The number of phenolic OH excluding ortho intramolecular Hbond substituents is 2. The Labute approximate surface area is 119 Å². The smallest absolute Gasteiger partial charge is 0.200 e. The van der Waals surface area contributed by atoms with Gasteiger partial charge in [0.15, 0.2) is 0 Å². The third kappa shape index (κ3) is 1.56. The largest absolute Gasteiger partial charge is 0.507 e. The summed E-state index contributed by atoms with van der Waals surface area (Å²) in [4.78, 5) is 28.8. The van der Waals surface area contributed by atoms with Gasteiger partial charge in [-0.05, 0) is 31.0 Å². The molecule has 0 unspecified atom stereocenters. The Hall–Kier alpha value is -3.15. The Morgan fingerprint density at radius 3 is 2.00 bits per heavy atom. The van der Waals surface area contributed by atoms with Gasteiger partial charge in [0, 0.05) is 5.69 Å².